The fraction of sp³-hybridized carbons (Fsp3) is 0.545. The van der Waals surface area contributed by atoms with Gasteiger partial charge in [-0.2, -0.15) is 4.99 Å². The SMILES string of the molecule is Cc1sc(=NC(=O)C23CC4CC(CC(C4)C2)C3)n(C)c1-c1ccc(Br)cc1. The van der Waals surface area contributed by atoms with Crippen molar-refractivity contribution < 1.29 is 4.79 Å². The van der Waals surface area contributed by atoms with Crippen LogP contribution in [0.25, 0.3) is 11.3 Å². The van der Waals surface area contributed by atoms with Gasteiger partial charge in [0.2, 0.25) is 0 Å². The highest BCUT2D eigenvalue weighted by atomic mass is 79.9. The Bertz CT molecular complexity index is 934. The van der Waals surface area contributed by atoms with Crippen LogP contribution >= 0.6 is 27.3 Å². The lowest BCUT2D eigenvalue weighted by molar-refractivity contribution is -0.142. The zero-order valence-electron chi connectivity index (χ0n) is 15.9. The molecule has 0 radical (unpaired) electrons. The van der Waals surface area contributed by atoms with E-state index >= 15 is 0 Å². The quantitative estimate of drug-likeness (QED) is 0.604. The van der Waals surface area contributed by atoms with Crippen molar-refractivity contribution in [2.24, 2.45) is 35.2 Å². The number of aryl methyl sites for hydroxylation is 1. The Morgan fingerprint density at radius 3 is 2.22 bits per heavy atom. The number of benzene rings is 1. The molecule has 3 nitrogen and oxygen atoms in total. The van der Waals surface area contributed by atoms with Gasteiger partial charge in [0.15, 0.2) is 4.80 Å². The molecule has 4 saturated carbocycles. The van der Waals surface area contributed by atoms with Gasteiger partial charge < -0.3 is 4.57 Å². The summed E-state index contributed by atoms with van der Waals surface area (Å²) in [6.45, 7) is 2.12. The second-order valence-corrected chi connectivity index (χ2v) is 11.1. The molecule has 1 aromatic heterocycles. The number of thiazole rings is 1. The summed E-state index contributed by atoms with van der Waals surface area (Å²) in [6.07, 6.45) is 7.29. The standard InChI is InChI=1S/C22H25BrN2OS/c1-13-19(17-3-5-18(23)6-4-17)25(2)21(27-13)24-20(26)22-10-14-7-15(11-22)9-16(8-14)12-22/h3-6,14-16H,7-12H2,1-2H3. The van der Waals surface area contributed by atoms with Gasteiger partial charge in [0.1, 0.15) is 0 Å². The summed E-state index contributed by atoms with van der Waals surface area (Å²) < 4.78 is 3.17. The van der Waals surface area contributed by atoms with Crippen LogP contribution in [-0.2, 0) is 11.8 Å². The molecule has 0 N–H and O–H groups in total. The van der Waals surface area contributed by atoms with E-state index in [2.05, 4.69) is 51.7 Å². The number of amides is 1. The van der Waals surface area contributed by atoms with Crippen LogP contribution in [0.2, 0.25) is 0 Å². The third kappa shape index (κ3) is 2.98. The van der Waals surface area contributed by atoms with E-state index in [0.717, 1.165) is 57.5 Å². The Balaban J connectivity index is 1.52. The molecular formula is C22H25BrN2OS. The summed E-state index contributed by atoms with van der Waals surface area (Å²) in [5.41, 5.74) is 2.17. The van der Waals surface area contributed by atoms with Gasteiger partial charge in [-0.15, -0.1) is 11.3 Å². The first-order valence-electron chi connectivity index (χ1n) is 9.95. The Labute approximate surface area is 172 Å². The summed E-state index contributed by atoms with van der Waals surface area (Å²) in [5.74, 6) is 2.47. The monoisotopic (exact) mass is 444 g/mol. The zero-order chi connectivity index (χ0) is 18.8. The van der Waals surface area contributed by atoms with Gasteiger partial charge in [0, 0.05) is 16.4 Å². The molecule has 142 valence electrons. The molecule has 0 atom stereocenters. The van der Waals surface area contributed by atoms with E-state index in [9.17, 15) is 4.79 Å². The fourth-order valence-corrected chi connectivity index (χ4v) is 7.51. The van der Waals surface area contributed by atoms with Crippen molar-refractivity contribution in [3.63, 3.8) is 0 Å². The Hall–Kier alpha value is -1.20. The van der Waals surface area contributed by atoms with Gasteiger partial charge in [-0.25, -0.2) is 0 Å². The van der Waals surface area contributed by atoms with Crippen LogP contribution in [-0.4, -0.2) is 10.5 Å². The maximum atomic E-state index is 13.3. The lowest BCUT2D eigenvalue weighted by Gasteiger charge is -2.55. The molecule has 1 aromatic carbocycles. The first-order valence-corrected chi connectivity index (χ1v) is 11.6. The normalized spacial score (nSPS) is 32.3. The molecule has 0 saturated heterocycles. The minimum Gasteiger partial charge on any atom is -0.319 e. The number of hydrogen-bond donors (Lipinski definition) is 0. The van der Waals surface area contributed by atoms with Crippen LogP contribution in [0.3, 0.4) is 0 Å². The van der Waals surface area contributed by atoms with Crippen molar-refractivity contribution in [1.82, 2.24) is 4.57 Å². The van der Waals surface area contributed by atoms with Crippen LogP contribution in [0.1, 0.15) is 43.4 Å². The molecule has 4 bridgehead atoms. The third-order valence-electron chi connectivity index (χ3n) is 7.01. The topological polar surface area (TPSA) is 34.4 Å². The van der Waals surface area contributed by atoms with Crippen molar-refractivity contribution in [2.45, 2.75) is 45.4 Å². The predicted molar refractivity (Wildman–Crippen MR) is 112 cm³/mol. The Morgan fingerprint density at radius 1 is 1.11 bits per heavy atom. The summed E-state index contributed by atoms with van der Waals surface area (Å²) in [5, 5.41) is 0. The first-order chi connectivity index (χ1) is 12.9. The molecule has 0 spiro atoms. The van der Waals surface area contributed by atoms with Crippen molar-refractivity contribution >= 4 is 33.2 Å². The van der Waals surface area contributed by atoms with E-state index in [4.69, 9.17) is 4.99 Å². The Kier molecular flexibility index (Phi) is 4.24. The lowest BCUT2D eigenvalue weighted by Crippen LogP contribution is -2.49. The number of carbonyl (C=O) groups is 1. The van der Waals surface area contributed by atoms with E-state index in [0.29, 0.717) is 0 Å². The smallest absolute Gasteiger partial charge is 0.254 e. The molecule has 2 aromatic rings. The highest BCUT2D eigenvalue weighted by Gasteiger charge is 2.54. The number of aromatic nitrogens is 1. The second kappa shape index (κ2) is 6.41. The molecule has 6 rings (SSSR count). The number of nitrogens with zero attached hydrogens (tertiary/aromatic N) is 2. The molecule has 4 aliphatic carbocycles. The van der Waals surface area contributed by atoms with Crippen molar-refractivity contribution in [3.8, 4) is 11.3 Å². The molecule has 4 aliphatic rings. The van der Waals surface area contributed by atoms with E-state index < -0.39 is 0 Å². The second-order valence-electron chi connectivity index (χ2n) is 8.97. The van der Waals surface area contributed by atoms with E-state index in [-0.39, 0.29) is 11.3 Å². The van der Waals surface area contributed by atoms with E-state index in [1.807, 2.05) is 7.05 Å². The number of hydrogen-bond acceptors (Lipinski definition) is 2. The van der Waals surface area contributed by atoms with Gasteiger partial charge in [-0.05, 0) is 80.9 Å². The average molecular weight is 445 g/mol. The predicted octanol–water partition coefficient (Wildman–Crippen LogP) is 5.47. The number of rotatable bonds is 2. The maximum Gasteiger partial charge on any atom is 0.254 e. The maximum absolute atomic E-state index is 13.3. The van der Waals surface area contributed by atoms with Crippen LogP contribution in [0.4, 0.5) is 0 Å². The minimum absolute atomic E-state index is 0.154. The Morgan fingerprint density at radius 2 is 1.67 bits per heavy atom. The molecule has 1 heterocycles. The van der Waals surface area contributed by atoms with Crippen molar-refractivity contribution in [3.05, 3.63) is 38.4 Å². The molecule has 4 fully saturated rings. The molecule has 0 aliphatic heterocycles. The minimum atomic E-state index is -0.155. The molecule has 5 heteroatoms. The number of halogens is 1. The van der Waals surface area contributed by atoms with Gasteiger partial charge in [-0.3, -0.25) is 4.79 Å². The largest absolute Gasteiger partial charge is 0.319 e. The summed E-state index contributed by atoms with van der Waals surface area (Å²) in [6, 6.07) is 8.35. The summed E-state index contributed by atoms with van der Waals surface area (Å²) >= 11 is 5.14. The van der Waals surface area contributed by atoms with Crippen LogP contribution in [0.15, 0.2) is 33.7 Å². The van der Waals surface area contributed by atoms with Crippen LogP contribution in [0, 0.1) is 30.1 Å². The van der Waals surface area contributed by atoms with Crippen molar-refractivity contribution in [1.29, 1.82) is 0 Å². The van der Waals surface area contributed by atoms with Crippen molar-refractivity contribution in [2.75, 3.05) is 0 Å². The highest BCUT2D eigenvalue weighted by molar-refractivity contribution is 9.10. The van der Waals surface area contributed by atoms with Gasteiger partial charge in [0.25, 0.3) is 5.91 Å². The average Bonchev–Trinajstić information content (AvgIpc) is 2.88. The molecular weight excluding hydrogens is 420 g/mol. The van der Waals surface area contributed by atoms with Gasteiger partial charge in [0.05, 0.1) is 11.1 Å². The van der Waals surface area contributed by atoms with E-state index in [1.165, 1.54) is 24.1 Å². The van der Waals surface area contributed by atoms with E-state index in [1.54, 1.807) is 11.3 Å². The molecule has 0 unspecified atom stereocenters. The highest BCUT2D eigenvalue weighted by Crippen LogP contribution is 2.60. The summed E-state index contributed by atoms with van der Waals surface area (Å²) in [4.78, 5) is 20.1. The van der Waals surface area contributed by atoms with Gasteiger partial charge >= 0.3 is 0 Å². The lowest BCUT2D eigenvalue weighted by atomic mass is 9.49. The van der Waals surface area contributed by atoms with Gasteiger partial charge in [-0.1, -0.05) is 28.1 Å². The van der Waals surface area contributed by atoms with Crippen LogP contribution < -0.4 is 4.80 Å². The molecule has 27 heavy (non-hydrogen) atoms. The third-order valence-corrected chi connectivity index (χ3v) is 8.58. The van der Waals surface area contributed by atoms with Crippen LogP contribution in [0.5, 0.6) is 0 Å². The summed E-state index contributed by atoms with van der Waals surface area (Å²) in [7, 11) is 2.03. The fourth-order valence-electron chi connectivity index (χ4n) is 6.27. The molecule has 1 amide bonds. The zero-order valence-corrected chi connectivity index (χ0v) is 18.3. The number of carbonyl (C=O) groups excluding carboxylic acids is 1. The first kappa shape index (κ1) is 17.9.